The van der Waals surface area contributed by atoms with Crippen LogP contribution in [0.3, 0.4) is 0 Å². The number of amides is 1. The van der Waals surface area contributed by atoms with Crippen molar-refractivity contribution in [1.29, 1.82) is 0 Å². The number of ketones is 1. The molecule has 1 unspecified atom stereocenters. The summed E-state index contributed by atoms with van der Waals surface area (Å²) in [5.41, 5.74) is -0.118. The van der Waals surface area contributed by atoms with Gasteiger partial charge in [0, 0.05) is 6.42 Å². The summed E-state index contributed by atoms with van der Waals surface area (Å²) in [5.74, 6) is -2.18. The highest BCUT2D eigenvalue weighted by molar-refractivity contribution is 5.95. The van der Waals surface area contributed by atoms with Crippen LogP contribution in [0.5, 0.6) is 0 Å². The number of aliphatic carboxylic acids is 1. The Morgan fingerprint density at radius 1 is 1.26 bits per heavy atom. The van der Waals surface area contributed by atoms with E-state index in [-0.39, 0.29) is 18.6 Å². The van der Waals surface area contributed by atoms with Crippen LogP contribution in [0, 0.1) is 5.92 Å². The Morgan fingerprint density at radius 2 is 1.87 bits per heavy atom. The number of carboxylic acid groups (broad SMARTS) is 1. The largest absolute Gasteiger partial charge is 0.481 e. The number of hydrogen-bond acceptors (Lipinski definition) is 3. The Bertz CT molecular complexity index is 578. The Balaban J connectivity index is 2.64. The summed E-state index contributed by atoms with van der Waals surface area (Å²) in [7, 11) is 0. The summed E-state index contributed by atoms with van der Waals surface area (Å²) in [6.07, 6.45) is 1.80. The Labute approximate surface area is 136 Å². The maximum Gasteiger partial charge on any atom is 0.306 e. The van der Waals surface area contributed by atoms with Gasteiger partial charge in [-0.2, -0.15) is 0 Å². The molecule has 0 aliphatic rings. The zero-order valence-electron chi connectivity index (χ0n) is 13.5. The average Bonchev–Trinajstić information content (AvgIpc) is 2.51. The van der Waals surface area contributed by atoms with E-state index in [1.165, 1.54) is 0 Å². The van der Waals surface area contributed by atoms with Crippen molar-refractivity contribution in [2.75, 3.05) is 0 Å². The van der Waals surface area contributed by atoms with E-state index in [0.29, 0.717) is 6.42 Å². The fourth-order valence-electron chi connectivity index (χ4n) is 2.26. The first-order chi connectivity index (χ1) is 10.8. The average molecular weight is 317 g/mol. The molecule has 0 aliphatic heterocycles. The SMILES string of the molecule is C=CC(=O)NC(C)(C)C(=O)CCC(Cc1ccccc1)C(=O)O. The molecule has 0 bridgehead atoms. The fourth-order valence-corrected chi connectivity index (χ4v) is 2.26. The summed E-state index contributed by atoms with van der Waals surface area (Å²) in [5, 5.41) is 11.9. The van der Waals surface area contributed by atoms with Crippen molar-refractivity contribution in [1.82, 2.24) is 5.32 Å². The second-order valence-corrected chi connectivity index (χ2v) is 6.01. The van der Waals surface area contributed by atoms with Gasteiger partial charge in [0.05, 0.1) is 11.5 Å². The molecule has 1 aromatic rings. The van der Waals surface area contributed by atoms with Crippen molar-refractivity contribution in [2.45, 2.75) is 38.6 Å². The summed E-state index contributed by atoms with van der Waals surface area (Å²) in [4.78, 5) is 35.0. The van der Waals surface area contributed by atoms with E-state index in [2.05, 4.69) is 11.9 Å². The number of nitrogens with one attached hydrogen (secondary N) is 1. The third-order valence-corrected chi connectivity index (χ3v) is 3.71. The quantitative estimate of drug-likeness (QED) is 0.685. The summed E-state index contributed by atoms with van der Waals surface area (Å²) in [6.45, 7) is 6.55. The van der Waals surface area contributed by atoms with Crippen LogP contribution in [0.4, 0.5) is 0 Å². The molecule has 0 aliphatic carbocycles. The van der Waals surface area contributed by atoms with E-state index in [1.54, 1.807) is 13.8 Å². The summed E-state index contributed by atoms with van der Waals surface area (Å²) < 4.78 is 0. The minimum Gasteiger partial charge on any atom is -0.481 e. The Morgan fingerprint density at radius 3 is 2.39 bits per heavy atom. The molecule has 0 aromatic heterocycles. The van der Waals surface area contributed by atoms with E-state index < -0.39 is 23.3 Å². The second kappa shape index (κ2) is 8.27. The topological polar surface area (TPSA) is 83.5 Å². The highest BCUT2D eigenvalue weighted by Gasteiger charge is 2.29. The fraction of sp³-hybridized carbons (Fsp3) is 0.389. The first-order valence-electron chi connectivity index (χ1n) is 7.51. The van der Waals surface area contributed by atoms with Crippen LogP contribution in [0.2, 0.25) is 0 Å². The zero-order chi connectivity index (χ0) is 17.5. The molecule has 5 heteroatoms. The minimum atomic E-state index is -1.04. The third kappa shape index (κ3) is 6.06. The second-order valence-electron chi connectivity index (χ2n) is 6.01. The van der Waals surface area contributed by atoms with Crippen LogP contribution >= 0.6 is 0 Å². The summed E-state index contributed by atoms with van der Waals surface area (Å²) in [6, 6.07) is 9.31. The van der Waals surface area contributed by atoms with Crippen LogP contribution in [0.25, 0.3) is 0 Å². The molecule has 0 saturated carbocycles. The Hall–Kier alpha value is -2.43. The normalized spacial score (nSPS) is 12.3. The van der Waals surface area contributed by atoms with Crippen molar-refractivity contribution < 1.29 is 19.5 Å². The van der Waals surface area contributed by atoms with Gasteiger partial charge in [0.15, 0.2) is 5.78 Å². The summed E-state index contributed by atoms with van der Waals surface area (Å²) >= 11 is 0. The molecule has 1 rings (SSSR count). The molecule has 0 heterocycles. The van der Waals surface area contributed by atoms with E-state index in [9.17, 15) is 19.5 Å². The monoisotopic (exact) mass is 317 g/mol. The van der Waals surface area contributed by atoms with Crippen LogP contribution in [0.1, 0.15) is 32.3 Å². The van der Waals surface area contributed by atoms with Gasteiger partial charge in [-0.3, -0.25) is 14.4 Å². The molecule has 1 amide bonds. The van der Waals surface area contributed by atoms with Gasteiger partial charge in [0.2, 0.25) is 5.91 Å². The highest BCUT2D eigenvalue weighted by atomic mass is 16.4. The van der Waals surface area contributed by atoms with Gasteiger partial charge in [-0.1, -0.05) is 36.9 Å². The molecule has 23 heavy (non-hydrogen) atoms. The molecule has 0 radical (unpaired) electrons. The maximum absolute atomic E-state index is 12.3. The highest BCUT2D eigenvalue weighted by Crippen LogP contribution is 2.18. The number of benzene rings is 1. The van der Waals surface area contributed by atoms with Crippen LogP contribution in [-0.2, 0) is 20.8 Å². The van der Waals surface area contributed by atoms with Gasteiger partial charge >= 0.3 is 5.97 Å². The standard InChI is InChI=1S/C18H23NO4/c1-4-16(21)19-18(2,3)15(20)11-10-14(17(22)23)12-13-8-6-5-7-9-13/h4-9,14H,1,10-12H2,2-3H3,(H,19,21)(H,22,23). The molecule has 1 atom stereocenters. The zero-order valence-corrected chi connectivity index (χ0v) is 13.5. The first kappa shape index (κ1) is 18.6. The van der Waals surface area contributed by atoms with E-state index in [4.69, 9.17) is 0 Å². The van der Waals surface area contributed by atoms with E-state index in [1.807, 2.05) is 30.3 Å². The van der Waals surface area contributed by atoms with Crippen molar-refractivity contribution in [3.63, 3.8) is 0 Å². The molecule has 5 nitrogen and oxygen atoms in total. The number of carboxylic acids is 1. The number of carbonyl (C=O) groups is 3. The Kier molecular flexibility index (Phi) is 6.69. The van der Waals surface area contributed by atoms with Crippen molar-refractivity contribution in [2.24, 2.45) is 5.92 Å². The lowest BCUT2D eigenvalue weighted by molar-refractivity contribution is -0.142. The van der Waals surface area contributed by atoms with E-state index in [0.717, 1.165) is 11.6 Å². The molecule has 0 spiro atoms. The molecular formula is C18H23NO4. The van der Waals surface area contributed by atoms with Crippen LogP contribution in [-0.4, -0.2) is 28.3 Å². The number of carbonyl (C=O) groups excluding carboxylic acids is 2. The van der Waals surface area contributed by atoms with Gasteiger partial charge < -0.3 is 10.4 Å². The molecule has 124 valence electrons. The number of hydrogen-bond donors (Lipinski definition) is 2. The predicted octanol–water partition coefficient (Wildman–Crippen LogP) is 2.36. The molecular weight excluding hydrogens is 294 g/mol. The predicted molar refractivity (Wildman–Crippen MR) is 87.9 cm³/mol. The number of Topliss-reactive ketones (excluding diaryl/α,β-unsaturated/α-hetero) is 1. The lowest BCUT2D eigenvalue weighted by Crippen LogP contribution is -2.49. The molecule has 1 aromatic carbocycles. The van der Waals surface area contributed by atoms with E-state index >= 15 is 0 Å². The van der Waals surface area contributed by atoms with Crippen molar-refractivity contribution >= 4 is 17.7 Å². The lowest BCUT2D eigenvalue weighted by atomic mass is 9.89. The van der Waals surface area contributed by atoms with Gasteiger partial charge in [0.1, 0.15) is 0 Å². The first-order valence-corrected chi connectivity index (χ1v) is 7.51. The molecule has 0 saturated heterocycles. The minimum absolute atomic E-state index is 0.0915. The van der Waals surface area contributed by atoms with Gasteiger partial charge in [-0.15, -0.1) is 0 Å². The van der Waals surface area contributed by atoms with Gasteiger partial charge in [0.25, 0.3) is 0 Å². The molecule has 2 N–H and O–H groups in total. The third-order valence-electron chi connectivity index (χ3n) is 3.71. The number of rotatable bonds is 9. The van der Waals surface area contributed by atoms with Crippen LogP contribution < -0.4 is 5.32 Å². The van der Waals surface area contributed by atoms with Crippen molar-refractivity contribution in [3.8, 4) is 0 Å². The maximum atomic E-state index is 12.3. The molecule has 0 fully saturated rings. The smallest absolute Gasteiger partial charge is 0.306 e. The van der Waals surface area contributed by atoms with Crippen molar-refractivity contribution in [3.05, 3.63) is 48.6 Å². The van der Waals surface area contributed by atoms with Gasteiger partial charge in [-0.25, -0.2) is 0 Å². The lowest BCUT2D eigenvalue weighted by Gasteiger charge is -2.24. The van der Waals surface area contributed by atoms with Crippen LogP contribution in [0.15, 0.2) is 43.0 Å². The van der Waals surface area contributed by atoms with Gasteiger partial charge in [-0.05, 0) is 38.3 Å².